The number of fused-ring (bicyclic) bond motifs is 1. The Morgan fingerprint density at radius 3 is 2.07 bits per heavy atom. The van der Waals surface area contributed by atoms with E-state index in [4.69, 9.17) is 0 Å². The van der Waals surface area contributed by atoms with Gasteiger partial charge in [0.25, 0.3) is 10.0 Å². The minimum absolute atomic E-state index is 0.141. The summed E-state index contributed by atoms with van der Waals surface area (Å²) in [5.74, 6) is 0. The molecule has 6 nitrogen and oxygen atoms in total. The first kappa shape index (κ1) is 19.9. The van der Waals surface area contributed by atoms with Gasteiger partial charge in [0.2, 0.25) is 10.0 Å². The molecule has 27 heavy (non-hydrogen) atoms. The molecule has 1 heterocycles. The summed E-state index contributed by atoms with van der Waals surface area (Å²) in [6, 6.07) is 6.57. The van der Waals surface area contributed by atoms with Crippen LogP contribution in [0.2, 0.25) is 0 Å². The topological polar surface area (TPSA) is 83.6 Å². The van der Waals surface area contributed by atoms with Gasteiger partial charge in [0, 0.05) is 6.54 Å². The van der Waals surface area contributed by atoms with Crippen LogP contribution in [0.3, 0.4) is 0 Å². The molecule has 0 unspecified atom stereocenters. The lowest BCUT2D eigenvalue weighted by atomic mass is 10.0. The highest BCUT2D eigenvalue weighted by atomic mass is 32.2. The highest BCUT2D eigenvalue weighted by Gasteiger charge is 2.34. The van der Waals surface area contributed by atoms with Gasteiger partial charge in [-0.25, -0.2) is 21.6 Å². The van der Waals surface area contributed by atoms with Gasteiger partial charge in [-0.05, 0) is 87.2 Å². The lowest BCUT2D eigenvalue weighted by Crippen LogP contribution is -2.30. The quantitative estimate of drug-likeness (QED) is 0.843. The number of hydrogen-bond donors (Lipinski definition) is 1. The molecule has 3 rings (SSSR count). The fraction of sp³-hybridized carbons (Fsp3) is 0.368. The summed E-state index contributed by atoms with van der Waals surface area (Å²) in [5.41, 5.74) is 4.64. The van der Waals surface area contributed by atoms with E-state index in [1.54, 1.807) is 12.1 Å². The molecule has 0 saturated heterocycles. The Morgan fingerprint density at radius 2 is 1.52 bits per heavy atom. The van der Waals surface area contributed by atoms with Crippen molar-refractivity contribution in [3.63, 3.8) is 0 Å². The summed E-state index contributed by atoms with van der Waals surface area (Å²) >= 11 is 0. The second-order valence-electron chi connectivity index (χ2n) is 6.91. The van der Waals surface area contributed by atoms with E-state index in [9.17, 15) is 16.8 Å². The number of aryl methyl sites for hydroxylation is 2. The lowest BCUT2D eigenvalue weighted by Gasteiger charge is -2.24. The lowest BCUT2D eigenvalue weighted by molar-refractivity contribution is 0.587. The van der Waals surface area contributed by atoms with Gasteiger partial charge >= 0.3 is 0 Å². The van der Waals surface area contributed by atoms with Crippen LogP contribution in [0, 0.1) is 27.7 Å². The molecular weight excluding hydrogens is 384 g/mol. The van der Waals surface area contributed by atoms with E-state index in [0.29, 0.717) is 23.5 Å². The number of nitrogens with one attached hydrogen (secondary N) is 1. The number of hydrogen-bond acceptors (Lipinski definition) is 4. The molecule has 146 valence electrons. The van der Waals surface area contributed by atoms with Crippen LogP contribution < -0.4 is 9.03 Å². The smallest absolute Gasteiger partial charge is 0.264 e. The van der Waals surface area contributed by atoms with Crippen LogP contribution in [0.1, 0.15) is 27.8 Å². The van der Waals surface area contributed by atoms with Crippen LogP contribution in [0.5, 0.6) is 0 Å². The summed E-state index contributed by atoms with van der Waals surface area (Å²) in [7, 11) is -5.96. The maximum absolute atomic E-state index is 13.5. The van der Waals surface area contributed by atoms with Crippen LogP contribution in [-0.2, 0) is 26.5 Å². The highest BCUT2D eigenvalue weighted by molar-refractivity contribution is 7.93. The zero-order chi connectivity index (χ0) is 20.1. The fourth-order valence-corrected chi connectivity index (χ4v) is 6.43. The molecule has 0 saturated carbocycles. The monoisotopic (exact) mass is 408 g/mol. The van der Waals surface area contributed by atoms with Crippen molar-refractivity contribution in [1.82, 2.24) is 4.72 Å². The summed E-state index contributed by atoms with van der Waals surface area (Å²) in [6.07, 6.45) is 0.477. The number of rotatable bonds is 4. The Kier molecular flexibility index (Phi) is 4.86. The minimum atomic E-state index is -3.74. The van der Waals surface area contributed by atoms with E-state index < -0.39 is 20.0 Å². The Bertz CT molecular complexity index is 1110. The normalized spacial score (nSPS) is 14.5. The van der Waals surface area contributed by atoms with Gasteiger partial charge in [0.1, 0.15) is 0 Å². The molecule has 0 atom stereocenters. The number of anilines is 1. The van der Waals surface area contributed by atoms with Crippen molar-refractivity contribution in [1.29, 1.82) is 0 Å². The van der Waals surface area contributed by atoms with E-state index in [-0.39, 0.29) is 4.90 Å². The molecule has 2 aromatic carbocycles. The van der Waals surface area contributed by atoms with Gasteiger partial charge in [-0.1, -0.05) is 6.07 Å². The first-order valence-electron chi connectivity index (χ1n) is 8.67. The maximum atomic E-state index is 13.5. The molecular formula is C19H24N2O4S2. The largest absolute Gasteiger partial charge is 0.266 e. The predicted octanol–water partition coefficient (Wildman–Crippen LogP) is 2.58. The van der Waals surface area contributed by atoms with Crippen LogP contribution in [0.4, 0.5) is 5.69 Å². The molecule has 0 aromatic heterocycles. The molecule has 2 aromatic rings. The van der Waals surface area contributed by atoms with Crippen LogP contribution in [0.25, 0.3) is 0 Å². The molecule has 0 spiro atoms. The van der Waals surface area contributed by atoms with E-state index in [0.717, 1.165) is 27.8 Å². The van der Waals surface area contributed by atoms with E-state index in [2.05, 4.69) is 4.72 Å². The SMILES string of the molecule is CNS(=O)(=O)c1ccc2c(c1)CCN2S(=O)(=O)c1c(C)c(C)cc(C)c1C. The van der Waals surface area contributed by atoms with Crippen LogP contribution in [-0.4, -0.2) is 30.4 Å². The van der Waals surface area contributed by atoms with Gasteiger partial charge in [0.05, 0.1) is 15.5 Å². The Hall–Kier alpha value is -1.90. The second-order valence-corrected chi connectivity index (χ2v) is 10.6. The molecule has 1 N–H and O–H groups in total. The Morgan fingerprint density at radius 1 is 0.926 bits per heavy atom. The first-order valence-corrected chi connectivity index (χ1v) is 11.6. The van der Waals surface area contributed by atoms with Crippen molar-refractivity contribution < 1.29 is 16.8 Å². The van der Waals surface area contributed by atoms with Crippen molar-refractivity contribution in [3.8, 4) is 0 Å². The maximum Gasteiger partial charge on any atom is 0.264 e. The van der Waals surface area contributed by atoms with Gasteiger partial charge in [-0.2, -0.15) is 0 Å². The molecule has 1 aliphatic heterocycles. The van der Waals surface area contributed by atoms with E-state index >= 15 is 0 Å². The predicted molar refractivity (Wildman–Crippen MR) is 106 cm³/mol. The van der Waals surface area contributed by atoms with Crippen molar-refractivity contribution in [3.05, 3.63) is 52.1 Å². The molecule has 0 aliphatic carbocycles. The average Bonchev–Trinajstić information content (AvgIpc) is 3.04. The number of sulfonamides is 2. The van der Waals surface area contributed by atoms with Gasteiger partial charge in [0.15, 0.2) is 0 Å². The third kappa shape index (κ3) is 3.15. The molecule has 0 radical (unpaired) electrons. The molecule has 0 bridgehead atoms. The first-order chi connectivity index (χ1) is 12.5. The zero-order valence-electron chi connectivity index (χ0n) is 16.1. The average molecular weight is 409 g/mol. The standard InChI is InChI=1S/C19H24N2O4S2/c1-12-10-13(2)15(4)19(14(12)3)27(24,25)21-9-8-16-11-17(6-7-18(16)21)26(22,23)20-5/h6-7,10-11,20H,8-9H2,1-5H3. The third-order valence-corrected chi connectivity index (χ3v) is 8.83. The highest BCUT2D eigenvalue weighted by Crippen LogP contribution is 2.37. The summed E-state index contributed by atoms with van der Waals surface area (Å²) in [4.78, 5) is 0.488. The van der Waals surface area contributed by atoms with Gasteiger partial charge < -0.3 is 0 Å². The second kappa shape index (κ2) is 6.61. The molecule has 0 amide bonds. The molecule has 1 aliphatic rings. The van der Waals surface area contributed by atoms with Crippen molar-refractivity contribution in [2.45, 2.75) is 43.9 Å². The van der Waals surface area contributed by atoms with Crippen molar-refractivity contribution >= 4 is 25.7 Å². The van der Waals surface area contributed by atoms with Crippen LogP contribution >= 0.6 is 0 Å². The fourth-order valence-electron chi connectivity index (χ4n) is 3.56. The minimum Gasteiger partial charge on any atom is -0.266 e. The number of nitrogens with zero attached hydrogens (tertiary/aromatic N) is 1. The van der Waals surface area contributed by atoms with E-state index in [1.807, 2.05) is 33.8 Å². The van der Waals surface area contributed by atoms with Crippen molar-refractivity contribution in [2.75, 3.05) is 17.9 Å². The van der Waals surface area contributed by atoms with Crippen molar-refractivity contribution in [2.24, 2.45) is 0 Å². The van der Waals surface area contributed by atoms with Gasteiger partial charge in [-0.15, -0.1) is 0 Å². The molecule has 0 fully saturated rings. The zero-order valence-corrected chi connectivity index (χ0v) is 17.8. The summed E-state index contributed by atoms with van der Waals surface area (Å²) in [6.45, 7) is 7.77. The third-order valence-electron chi connectivity index (χ3n) is 5.33. The van der Waals surface area contributed by atoms with Crippen LogP contribution in [0.15, 0.2) is 34.1 Å². The number of benzene rings is 2. The van der Waals surface area contributed by atoms with Gasteiger partial charge in [-0.3, -0.25) is 4.31 Å². The summed E-state index contributed by atoms with van der Waals surface area (Å²) in [5, 5.41) is 0. The molecule has 8 heteroatoms. The Balaban J connectivity index is 2.14. The van der Waals surface area contributed by atoms with E-state index in [1.165, 1.54) is 17.4 Å². The Labute approximate surface area is 161 Å². The summed E-state index contributed by atoms with van der Waals surface area (Å²) < 4.78 is 54.7.